The van der Waals surface area contributed by atoms with Crippen LogP contribution in [0.5, 0.6) is 11.5 Å². The summed E-state index contributed by atoms with van der Waals surface area (Å²) in [5, 5.41) is 9.50. The van der Waals surface area contributed by atoms with Gasteiger partial charge in [0.2, 0.25) is 0 Å². The van der Waals surface area contributed by atoms with E-state index >= 15 is 0 Å². The third-order valence-electron chi connectivity index (χ3n) is 11.6. The van der Waals surface area contributed by atoms with Gasteiger partial charge in [-0.3, -0.25) is 4.68 Å². The zero-order valence-corrected chi connectivity index (χ0v) is 35.9. The SMILES string of the molecule is Cc1cc(C)n(-c2[c-]c(Oc3[c-]c4c(cc3)c3ccccc3n4-c3ncc(C)c(-n4c5c(C)c(C)ccc5c5ccc(C)c(C)c54)c3C)cc(C(C)C)c2)n1.[Pt+2]. The van der Waals surface area contributed by atoms with Crippen molar-refractivity contribution in [1.29, 1.82) is 0 Å². The fourth-order valence-corrected chi connectivity index (χ4v) is 8.43. The molecule has 0 aliphatic carbocycles. The van der Waals surface area contributed by atoms with E-state index in [1.54, 1.807) is 0 Å². The Morgan fingerprint density at radius 3 is 1.93 bits per heavy atom. The molecule has 0 aliphatic rings. The van der Waals surface area contributed by atoms with Crippen molar-refractivity contribution in [3.63, 3.8) is 0 Å². The number of ether oxygens (including phenoxy) is 1. The van der Waals surface area contributed by atoms with Gasteiger partial charge in [0.1, 0.15) is 5.82 Å². The summed E-state index contributed by atoms with van der Waals surface area (Å²) >= 11 is 0. The Balaban J connectivity index is 0.00000441. The maximum Gasteiger partial charge on any atom is 2.00 e. The molecule has 5 aromatic carbocycles. The number of aromatic nitrogens is 5. The van der Waals surface area contributed by atoms with Crippen molar-refractivity contribution in [3.05, 3.63) is 148 Å². The van der Waals surface area contributed by atoms with Crippen molar-refractivity contribution in [3.8, 4) is 28.7 Å². The number of benzene rings is 5. The van der Waals surface area contributed by atoms with Crippen molar-refractivity contribution in [2.24, 2.45) is 0 Å². The molecule has 0 N–H and O–H groups in total. The van der Waals surface area contributed by atoms with Gasteiger partial charge in [0, 0.05) is 45.2 Å². The first-order valence-electron chi connectivity index (χ1n) is 19.1. The van der Waals surface area contributed by atoms with Gasteiger partial charge in [-0.25, -0.2) is 4.98 Å². The summed E-state index contributed by atoms with van der Waals surface area (Å²) in [6, 6.07) is 35.3. The van der Waals surface area contributed by atoms with Gasteiger partial charge in [0.25, 0.3) is 0 Å². The van der Waals surface area contributed by atoms with Crippen LogP contribution in [0.15, 0.2) is 85.1 Å². The topological polar surface area (TPSA) is 49.8 Å². The molecule has 7 heteroatoms. The molecule has 6 nitrogen and oxygen atoms in total. The molecule has 0 radical (unpaired) electrons. The largest absolute Gasteiger partial charge is 2.00 e. The number of hydrogen-bond donors (Lipinski definition) is 0. The van der Waals surface area contributed by atoms with Gasteiger partial charge in [-0.2, -0.15) is 11.2 Å². The third-order valence-corrected chi connectivity index (χ3v) is 11.6. The van der Waals surface area contributed by atoms with Gasteiger partial charge in [-0.05, 0) is 112 Å². The molecule has 0 amide bonds. The van der Waals surface area contributed by atoms with E-state index in [2.05, 4.69) is 156 Å². The molecule has 9 rings (SSSR count). The molecule has 0 spiro atoms. The van der Waals surface area contributed by atoms with Crippen LogP contribution in [0.1, 0.15) is 70.1 Å². The van der Waals surface area contributed by atoms with Crippen LogP contribution in [0.25, 0.3) is 60.8 Å². The summed E-state index contributed by atoms with van der Waals surface area (Å²) in [6.07, 6.45) is 2.03. The number of rotatable bonds is 6. The molecular formula is C49H45N5OPt. The van der Waals surface area contributed by atoms with Gasteiger partial charge in [0.15, 0.2) is 0 Å². The van der Waals surface area contributed by atoms with Crippen LogP contribution in [0.2, 0.25) is 0 Å². The van der Waals surface area contributed by atoms with Crippen LogP contribution in [0, 0.1) is 67.5 Å². The molecule has 0 saturated carbocycles. The van der Waals surface area contributed by atoms with Crippen molar-refractivity contribution in [2.75, 3.05) is 0 Å². The number of aryl methyl sites for hydroxylation is 7. The van der Waals surface area contributed by atoms with E-state index < -0.39 is 0 Å². The average molecular weight is 915 g/mol. The molecule has 9 aromatic rings. The fraction of sp³-hybridized carbons (Fsp3) is 0.224. The number of hydrogen-bond acceptors (Lipinski definition) is 3. The second kappa shape index (κ2) is 13.9. The van der Waals surface area contributed by atoms with Crippen LogP contribution < -0.4 is 4.74 Å². The van der Waals surface area contributed by atoms with Crippen LogP contribution >= 0.6 is 0 Å². The van der Waals surface area contributed by atoms with Crippen molar-refractivity contribution >= 4 is 43.6 Å². The minimum atomic E-state index is 0. The smallest absolute Gasteiger partial charge is 0.509 e. The molecule has 4 aromatic heterocycles. The van der Waals surface area contributed by atoms with E-state index in [9.17, 15) is 0 Å². The fourth-order valence-electron chi connectivity index (χ4n) is 8.43. The number of pyridine rings is 1. The van der Waals surface area contributed by atoms with Crippen LogP contribution in [0.4, 0.5) is 0 Å². The van der Waals surface area contributed by atoms with E-state index in [0.29, 0.717) is 17.4 Å². The second-order valence-electron chi connectivity index (χ2n) is 15.6. The first-order valence-corrected chi connectivity index (χ1v) is 19.1. The van der Waals surface area contributed by atoms with Crippen molar-refractivity contribution in [1.82, 2.24) is 23.9 Å². The Morgan fingerprint density at radius 2 is 1.29 bits per heavy atom. The van der Waals surface area contributed by atoms with Crippen molar-refractivity contribution in [2.45, 2.75) is 75.2 Å². The third kappa shape index (κ3) is 5.80. The predicted molar refractivity (Wildman–Crippen MR) is 226 cm³/mol. The normalized spacial score (nSPS) is 11.8. The molecule has 0 saturated heterocycles. The quantitative estimate of drug-likeness (QED) is 0.156. The first kappa shape index (κ1) is 37.5. The van der Waals surface area contributed by atoms with Crippen molar-refractivity contribution < 1.29 is 25.8 Å². The Morgan fingerprint density at radius 1 is 0.625 bits per heavy atom. The minimum Gasteiger partial charge on any atom is -0.509 e. The van der Waals surface area contributed by atoms with E-state index in [4.69, 9.17) is 14.8 Å². The van der Waals surface area contributed by atoms with Crippen LogP contribution in [0.3, 0.4) is 0 Å². The van der Waals surface area contributed by atoms with Gasteiger partial charge in [-0.1, -0.05) is 61.8 Å². The molecule has 0 aliphatic heterocycles. The van der Waals surface area contributed by atoms with E-state index in [1.165, 1.54) is 44.1 Å². The number of fused-ring (bicyclic) bond motifs is 6. The second-order valence-corrected chi connectivity index (χ2v) is 15.6. The summed E-state index contributed by atoms with van der Waals surface area (Å²) in [5.74, 6) is 2.40. The van der Waals surface area contributed by atoms with E-state index in [0.717, 1.165) is 67.1 Å². The number of para-hydroxylation sites is 1. The molecule has 56 heavy (non-hydrogen) atoms. The molecule has 0 fully saturated rings. The Kier molecular flexibility index (Phi) is 9.32. The molecule has 0 unspecified atom stereocenters. The molecule has 4 heterocycles. The maximum atomic E-state index is 6.66. The molecular weight excluding hydrogens is 870 g/mol. The van der Waals surface area contributed by atoms with E-state index in [-0.39, 0.29) is 21.1 Å². The first-order chi connectivity index (χ1) is 26.4. The summed E-state index contributed by atoms with van der Waals surface area (Å²) in [6.45, 7) is 21.8. The molecule has 0 atom stereocenters. The standard InChI is InChI=1S/C49H45N5O.Pt/c1-27(2)36-22-37(54-32(7)21-31(6)51-54)24-39(23-36)55-38-17-20-41-40-13-11-12-14-44(40)52(45(41)25-38)49-35(10)46(30(5)26-50-49)53-47-33(8)28(3)15-18-42(47)43-19-16-29(4)34(9)48(43)53;/h11-23,26-27H,1-10H3;/q-2;+2. The van der Waals surface area contributed by atoms with E-state index in [1.807, 2.05) is 23.9 Å². The molecule has 0 bridgehead atoms. The monoisotopic (exact) mass is 914 g/mol. The van der Waals surface area contributed by atoms with Gasteiger partial charge < -0.3 is 13.9 Å². The summed E-state index contributed by atoms with van der Waals surface area (Å²) in [4.78, 5) is 5.20. The predicted octanol–water partition coefficient (Wildman–Crippen LogP) is 12.4. The van der Waals surface area contributed by atoms with Crippen LogP contribution in [-0.4, -0.2) is 23.9 Å². The minimum absolute atomic E-state index is 0. The van der Waals surface area contributed by atoms with Crippen LogP contribution in [-0.2, 0) is 21.1 Å². The molecule has 282 valence electrons. The Bertz CT molecular complexity index is 2970. The summed E-state index contributed by atoms with van der Waals surface area (Å²) in [5.41, 5.74) is 17.0. The van der Waals surface area contributed by atoms with Gasteiger partial charge >= 0.3 is 21.1 Å². The average Bonchev–Trinajstić information content (AvgIpc) is 3.80. The zero-order chi connectivity index (χ0) is 38.4. The zero-order valence-electron chi connectivity index (χ0n) is 33.6. The number of nitrogens with zero attached hydrogens (tertiary/aromatic N) is 5. The Hall–Kier alpha value is -5.45. The van der Waals surface area contributed by atoms with Gasteiger partial charge in [-0.15, -0.1) is 41.3 Å². The summed E-state index contributed by atoms with van der Waals surface area (Å²) in [7, 11) is 0. The summed E-state index contributed by atoms with van der Waals surface area (Å²) < 4.78 is 13.4. The Labute approximate surface area is 343 Å². The maximum absolute atomic E-state index is 6.66. The van der Waals surface area contributed by atoms with Gasteiger partial charge in [0.05, 0.1) is 22.4 Å².